The maximum absolute atomic E-state index is 4.58. The number of nitrogens with zero attached hydrogens (tertiary/aromatic N) is 1. The van der Waals surface area contributed by atoms with Gasteiger partial charge in [0.25, 0.3) is 0 Å². The van der Waals surface area contributed by atoms with E-state index in [0.717, 1.165) is 23.5 Å². The van der Waals surface area contributed by atoms with Crippen molar-refractivity contribution in [3.8, 4) is 10.6 Å². The molecule has 1 heterocycles. The lowest BCUT2D eigenvalue weighted by Gasteiger charge is -2.01. The van der Waals surface area contributed by atoms with Crippen LogP contribution in [0, 0.1) is 0 Å². The highest BCUT2D eigenvalue weighted by Crippen LogP contribution is 2.41. The third-order valence-corrected chi connectivity index (χ3v) is 4.92. The Balaban J connectivity index is 1.52. The Morgan fingerprint density at radius 3 is 2.89 bits per heavy atom. The van der Waals surface area contributed by atoms with Gasteiger partial charge in [-0.1, -0.05) is 18.2 Å². The van der Waals surface area contributed by atoms with Gasteiger partial charge in [0.05, 0.1) is 0 Å². The van der Waals surface area contributed by atoms with E-state index in [1.54, 1.807) is 0 Å². The molecule has 0 radical (unpaired) electrons. The smallest absolute Gasteiger partial charge is 0.123 e. The summed E-state index contributed by atoms with van der Waals surface area (Å²) in [6.45, 7) is 0.977. The second-order valence-electron chi connectivity index (χ2n) is 5.69. The maximum Gasteiger partial charge on any atom is 0.123 e. The lowest BCUT2D eigenvalue weighted by molar-refractivity contribution is 0.694. The highest BCUT2D eigenvalue weighted by Gasteiger charge is 2.24. The highest BCUT2D eigenvalue weighted by atomic mass is 32.1. The summed E-state index contributed by atoms with van der Waals surface area (Å²) in [6, 6.07) is 9.71. The van der Waals surface area contributed by atoms with E-state index in [2.05, 4.69) is 34.6 Å². The molecule has 3 heteroatoms. The molecule has 0 aliphatic heterocycles. The Bertz CT molecular complexity index is 582. The molecule has 0 bridgehead atoms. The Labute approximate surface area is 117 Å². The maximum atomic E-state index is 4.58. The average molecular weight is 270 g/mol. The van der Waals surface area contributed by atoms with Crippen LogP contribution in [0.4, 0.5) is 0 Å². The molecule has 98 valence electrons. The molecule has 0 saturated heterocycles. The molecule has 2 aliphatic rings. The topological polar surface area (TPSA) is 24.9 Å². The molecule has 1 aromatic heterocycles. The molecule has 4 rings (SSSR count). The fraction of sp³-hybridized carbons (Fsp3) is 0.438. The van der Waals surface area contributed by atoms with Crippen molar-refractivity contribution in [1.29, 1.82) is 0 Å². The van der Waals surface area contributed by atoms with Gasteiger partial charge >= 0.3 is 0 Å². The minimum atomic E-state index is 0.767. The number of thiazole rings is 1. The van der Waals surface area contributed by atoms with Crippen LogP contribution in [0.1, 0.15) is 42.0 Å². The Morgan fingerprint density at radius 2 is 2.11 bits per heavy atom. The molecule has 0 atom stereocenters. The highest BCUT2D eigenvalue weighted by molar-refractivity contribution is 7.15. The monoisotopic (exact) mass is 270 g/mol. The summed E-state index contributed by atoms with van der Waals surface area (Å²) in [5.74, 6) is 0.816. The molecular formula is C16H18N2S. The van der Waals surface area contributed by atoms with Crippen LogP contribution in [-0.4, -0.2) is 11.0 Å². The van der Waals surface area contributed by atoms with Crippen LogP contribution in [0.3, 0.4) is 0 Å². The van der Waals surface area contributed by atoms with E-state index in [0.29, 0.717) is 0 Å². The first-order valence-electron chi connectivity index (χ1n) is 7.17. The third kappa shape index (κ3) is 2.72. The predicted octanol–water partition coefficient (Wildman–Crippen LogP) is 3.94. The SMILES string of the molecule is c1cc(-c2ncc(CNC3CC3)s2)cc(C2CC2)c1. The summed E-state index contributed by atoms with van der Waals surface area (Å²) in [7, 11) is 0. The van der Waals surface area contributed by atoms with Crippen LogP contribution in [-0.2, 0) is 6.54 Å². The number of aromatic nitrogens is 1. The van der Waals surface area contributed by atoms with Crippen molar-refractivity contribution in [3.05, 3.63) is 40.9 Å². The molecule has 1 aromatic carbocycles. The fourth-order valence-electron chi connectivity index (χ4n) is 2.40. The van der Waals surface area contributed by atoms with E-state index in [-0.39, 0.29) is 0 Å². The predicted molar refractivity (Wildman–Crippen MR) is 79.4 cm³/mol. The summed E-state index contributed by atoms with van der Waals surface area (Å²) < 4.78 is 0. The van der Waals surface area contributed by atoms with Crippen LogP contribution < -0.4 is 5.32 Å². The first kappa shape index (κ1) is 11.6. The fourth-order valence-corrected chi connectivity index (χ4v) is 3.26. The molecule has 2 saturated carbocycles. The minimum Gasteiger partial charge on any atom is -0.309 e. The first-order valence-corrected chi connectivity index (χ1v) is 7.98. The average Bonchev–Trinajstić information content (AvgIpc) is 3.36. The van der Waals surface area contributed by atoms with Gasteiger partial charge in [-0.15, -0.1) is 11.3 Å². The van der Waals surface area contributed by atoms with Crippen LogP contribution in [0.2, 0.25) is 0 Å². The van der Waals surface area contributed by atoms with Gasteiger partial charge in [-0.2, -0.15) is 0 Å². The normalized spacial score (nSPS) is 18.7. The van der Waals surface area contributed by atoms with E-state index < -0.39 is 0 Å². The van der Waals surface area contributed by atoms with E-state index in [4.69, 9.17) is 0 Å². The van der Waals surface area contributed by atoms with Gasteiger partial charge in [-0.25, -0.2) is 4.98 Å². The van der Waals surface area contributed by atoms with Gasteiger partial charge in [0.1, 0.15) is 5.01 Å². The quantitative estimate of drug-likeness (QED) is 0.890. The van der Waals surface area contributed by atoms with Crippen molar-refractivity contribution in [2.75, 3.05) is 0 Å². The van der Waals surface area contributed by atoms with Crippen molar-refractivity contribution in [2.24, 2.45) is 0 Å². The van der Waals surface area contributed by atoms with Crippen LogP contribution in [0.25, 0.3) is 10.6 Å². The van der Waals surface area contributed by atoms with Gasteiger partial charge in [-0.05, 0) is 43.2 Å². The standard InChI is InChI=1S/C16H18N2S/c1-2-12(11-4-5-11)8-13(3-1)16-18-10-15(19-16)9-17-14-6-7-14/h1-3,8,10-11,14,17H,4-7,9H2. The zero-order chi connectivity index (χ0) is 12.7. The second kappa shape index (κ2) is 4.73. The van der Waals surface area contributed by atoms with E-state index in [9.17, 15) is 0 Å². The zero-order valence-corrected chi connectivity index (χ0v) is 11.7. The van der Waals surface area contributed by atoms with E-state index in [1.165, 1.54) is 41.7 Å². The van der Waals surface area contributed by atoms with Crippen molar-refractivity contribution >= 4 is 11.3 Å². The van der Waals surface area contributed by atoms with Gasteiger partial charge in [0.2, 0.25) is 0 Å². The number of nitrogens with one attached hydrogen (secondary N) is 1. The van der Waals surface area contributed by atoms with Crippen LogP contribution in [0.5, 0.6) is 0 Å². The van der Waals surface area contributed by atoms with Crippen LogP contribution >= 0.6 is 11.3 Å². The summed E-state index contributed by atoms with van der Waals surface area (Å²) in [5.41, 5.74) is 2.78. The largest absolute Gasteiger partial charge is 0.309 e. The van der Waals surface area contributed by atoms with E-state index >= 15 is 0 Å². The summed E-state index contributed by atoms with van der Waals surface area (Å²) in [5, 5.41) is 4.71. The summed E-state index contributed by atoms with van der Waals surface area (Å²) >= 11 is 1.82. The second-order valence-corrected chi connectivity index (χ2v) is 6.80. The van der Waals surface area contributed by atoms with Gasteiger partial charge in [0.15, 0.2) is 0 Å². The van der Waals surface area contributed by atoms with Crippen molar-refractivity contribution < 1.29 is 0 Å². The van der Waals surface area contributed by atoms with Gasteiger partial charge in [-0.3, -0.25) is 0 Å². The molecule has 0 spiro atoms. The molecule has 0 unspecified atom stereocenters. The number of hydrogen-bond donors (Lipinski definition) is 1. The van der Waals surface area contributed by atoms with Crippen molar-refractivity contribution in [3.63, 3.8) is 0 Å². The van der Waals surface area contributed by atoms with Gasteiger partial charge < -0.3 is 5.32 Å². The van der Waals surface area contributed by atoms with Crippen molar-refractivity contribution in [2.45, 2.75) is 44.2 Å². The van der Waals surface area contributed by atoms with Crippen LogP contribution in [0.15, 0.2) is 30.5 Å². The van der Waals surface area contributed by atoms with Gasteiger partial charge in [0, 0.05) is 29.2 Å². The van der Waals surface area contributed by atoms with E-state index in [1.807, 2.05) is 17.5 Å². The third-order valence-electron chi connectivity index (χ3n) is 3.88. The number of hydrogen-bond acceptors (Lipinski definition) is 3. The molecule has 2 aromatic rings. The first-order chi connectivity index (χ1) is 9.38. The lowest BCUT2D eigenvalue weighted by Crippen LogP contribution is -2.14. The summed E-state index contributed by atoms with van der Waals surface area (Å²) in [4.78, 5) is 5.93. The number of rotatable bonds is 5. The minimum absolute atomic E-state index is 0.767. The molecular weight excluding hydrogens is 252 g/mol. The molecule has 1 N–H and O–H groups in total. The molecule has 2 aliphatic carbocycles. The Hall–Kier alpha value is -1.19. The number of benzene rings is 1. The molecule has 0 amide bonds. The molecule has 2 fully saturated rings. The Kier molecular flexibility index (Phi) is 2.89. The lowest BCUT2D eigenvalue weighted by atomic mass is 10.1. The molecule has 2 nitrogen and oxygen atoms in total. The van der Waals surface area contributed by atoms with Crippen molar-refractivity contribution in [1.82, 2.24) is 10.3 Å². The Morgan fingerprint density at radius 1 is 1.21 bits per heavy atom. The molecule has 19 heavy (non-hydrogen) atoms. The zero-order valence-electron chi connectivity index (χ0n) is 10.9. The summed E-state index contributed by atoms with van der Waals surface area (Å²) in [6.07, 6.45) is 7.43.